The number of nitrogens with one attached hydrogen (secondary N) is 2. The number of carbonyl (C=O) groups excluding carboxylic acids is 1. The first-order valence-electron chi connectivity index (χ1n) is 8.28. The summed E-state index contributed by atoms with van der Waals surface area (Å²) in [4.78, 5) is 11.7. The fraction of sp³-hybridized carbons (Fsp3) is 0.706. The van der Waals surface area contributed by atoms with Gasteiger partial charge in [-0.25, -0.2) is 0 Å². The van der Waals surface area contributed by atoms with E-state index in [1.54, 1.807) is 0 Å². The van der Waals surface area contributed by atoms with Crippen LogP contribution in [0.3, 0.4) is 0 Å². The summed E-state index contributed by atoms with van der Waals surface area (Å²) >= 11 is 0. The average Bonchev–Trinajstić information content (AvgIpc) is 2.46. The first kappa shape index (κ1) is 18.7. The van der Waals surface area contributed by atoms with E-state index >= 15 is 0 Å². The van der Waals surface area contributed by atoms with Gasteiger partial charge in [0.25, 0.3) is 0 Å². The molecular formula is C17H31N3O2. The van der Waals surface area contributed by atoms with Gasteiger partial charge in [-0.1, -0.05) is 12.2 Å². The van der Waals surface area contributed by atoms with Crippen LogP contribution in [0.15, 0.2) is 23.9 Å². The summed E-state index contributed by atoms with van der Waals surface area (Å²) in [7, 11) is 0. The largest absolute Gasteiger partial charge is 0.383 e. The third-order valence-corrected chi connectivity index (χ3v) is 3.40. The zero-order valence-corrected chi connectivity index (χ0v) is 14.1. The van der Waals surface area contributed by atoms with Gasteiger partial charge in [-0.15, -0.1) is 0 Å². The first-order chi connectivity index (χ1) is 10.5. The first-order valence-corrected chi connectivity index (χ1v) is 8.28. The SMILES string of the molecule is CC(C)O[C@H](C)CNC1=CCC(NC(=O)CCCCN)C=C1. The van der Waals surface area contributed by atoms with Crippen LogP contribution in [0.1, 0.15) is 46.5 Å². The van der Waals surface area contributed by atoms with E-state index in [9.17, 15) is 4.79 Å². The number of allylic oxidation sites excluding steroid dienone is 1. The predicted octanol–water partition coefficient (Wildman–Crippen LogP) is 1.85. The quantitative estimate of drug-likeness (QED) is 0.538. The number of hydrogen-bond donors (Lipinski definition) is 3. The van der Waals surface area contributed by atoms with Crippen LogP contribution >= 0.6 is 0 Å². The molecule has 1 rings (SSSR count). The summed E-state index contributed by atoms with van der Waals surface area (Å²) in [6, 6.07) is 0.0975. The number of unbranched alkanes of at least 4 members (excludes halogenated alkanes) is 1. The summed E-state index contributed by atoms with van der Waals surface area (Å²) < 4.78 is 5.68. The number of hydrogen-bond acceptors (Lipinski definition) is 4. The van der Waals surface area contributed by atoms with Crippen molar-refractivity contribution in [3.8, 4) is 0 Å². The summed E-state index contributed by atoms with van der Waals surface area (Å²) in [5, 5.41) is 6.39. The molecule has 1 aliphatic carbocycles. The fourth-order valence-electron chi connectivity index (χ4n) is 2.34. The second kappa shape index (κ2) is 10.4. The lowest BCUT2D eigenvalue weighted by Crippen LogP contribution is -2.35. The Labute approximate surface area is 134 Å². The molecule has 4 N–H and O–H groups in total. The molecule has 0 saturated carbocycles. The van der Waals surface area contributed by atoms with Crippen LogP contribution in [0.25, 0.3) is 0 Å². The highest BCUT2D eigenvalue weighted by Crippen LogP contribution is 2.09. The van der Waals surface area contributed by atoms with Crippen molar-refractivity contribution in [3.05, 3.63) is 23.9 Å². The summed E-state index contributed by atoms with van der Waals surface area (Å²) in [5.74, 6) is 0.104. The molecule has 1 unspecified atom stereocenters. The molecule has 5 nitrogen and oxygen atoms in total. The Balaban J connectivity index is 2.22. The second-order valence-electron chi connectivity index (χ2n) is 6.05. The molecule has 0 radical (unpaired) electrons. The Morgan fingerprint density at radius 1 is 1.41 bits per heavy atom. The van der Waals surface area contributed by atoms with Crippen molar-refractivity contribution < 1.29 is 9.53 Å². The number of rotatable bonds is 10. The van der Waals surface area contributed by atoms with Crippen molar-refractivity contribution in [2.45, 2.75) is 64.7 Å². The van der Waals surface area contributed by atoms with Crippen molar-refractivity contribution in [3.63, 3.8) is 0 Å². The zero-order chi connectivity index (χ0) is 16.4. The van der Waals surface area contributed by atoms with Gasteiger partial charge < -0.3 is 21.1 Å². The maximum atomic E-state index is 11.7. The van der Waals surface area contributed by atoms with Crippen molar-refractivity contribution in [1.29, 1.82) is 0 Å². The lowest BCUT2D eigenvalue weighted by atomic mass is 10.1. The third kappa shape index (κ3) is 8.20. The Morgan fingerprint density at radius 2 is 2.18 bits per heavy atom. The Hall–Kier alpha value is -1.33. The number of ether oxygens (including phenoxy) is 1. The van der Waals surface area contributed by atoms with Gasteiger partial charge in [0.15, 0.2) is 0 Å². The van der Waals surface area contributed by atoms with Gasteiger partial charge in [0.2, 0.25) is 5.91 Å². The van der Waals surface area contributed by atoms with Crippen LogP contribution in [0.2, 0.25) is 0 Å². The van der Waals surface area contributed by atoms with Gasteiger partial charge in [0.1, 0.15) is 0 Å². The molecular weight excluding hydrogens is 278 g/mol. The van der Waals surface area contributed by atoms with Crippen LogP contribution in [0.4, 0.5) is 0 Å². The minimum absolute atomic E-state index is 0.0975. The smallest absolute Gasteiger partial charge is 0.220 e. The minimum atomic E-state index is 0.0975. The van der Waals surface area contributed by atoms with Gasteiger partial charge in [-0.2, -0.15) is 0 Å². The fourth-order valence-corrected chi connectivity index (χ4v) is 2.34. The molecule has 0 saturated heterocycles. The lowest BCUT2D eigenvalue weighted by Gasteiger charge is -2.21. The molecule has 0 spiro atoms. The van der Waals surface area contributed by atoms with E-state index in [1.165, 1.54) is 0 Å². The van der Waals surface area contributed by atoms with Gasteiger partial charge in [-0.05, 0) is 52.7 Å². The molecule has 0 aromatic rings. The number of nitrogens with two attached hydrogens (primary N) is 1. The molecule has 5 heteroatoms. The monoisotopic (exact) mass is 309 g/mol. The second-order valence-corrected chi connectivity index (χ2v) is 6.05. The standard InChI is InChI=1S/C17H31N3O2/c1-13(2)22-14(3)12-19-15-7-9-16(10-8-15)20-17(21)6-4-5-11-18/h7-9,13-14,16,19H,4-6,10-12,18H2,1-3H3,(H,20,21)/t14-,16?/m1/s1. The van der Waals surface area contributed by atoms with Crippen molar-refractivity contribution in [2.24, 2.45) is 5.73 Å². The molecule has 1 aliphatic rings. The van der Waals surface area contributed by atoms with E-state index < -0.39 is 0 Å². The van der Waals surface area contributed by atoms with Gasteiger partial charge in [-0.3, -0.25) is 4.79 Å². The molecule has 2 atom stereocenters. The summed E-state index contributed by atoms with van der Waals surface area (Å²) in [6.07, 6.45) is 9.73. The highest BCUT2D eigenvalue weighted by atomic mass is 16.5. The van der Waals surface area contributed by atoms with Gasteiger partial charge in [0, 0.05) is 18.7 Å². The summed E-state index contributed by atoms with van der Waals surface area (Å²) in [6.45, 7) is 7.57. The third-order valence-electron chi connectivity index (χ3n) is 3.40. The number of amides is 1. The van der Waals surface area contributed by atoms with E-state index in [2.05, 4.69) is 23.6 Å². The highest BCUT2D eigenvalue weighted by Gasteiger charge is 2.12. The van der Waals surface area contributed by atoms with Crippen LogP contribution in [0, 0.1) is 0 Å². The molecule has 0 heterocycles. The van der Waals surface area contributed by atoms with Gasteiger partial charge in [0.05, 0.1) is 18.2 Å². The van der Waals surface area contributed by atoms with Gasteiger partial charge >= 0.3 is 0 Å². The Bertz CT molecular complexity index is 391. The molecule has 0 aromatic heterocycles. The average molecular weight is 309 g/mol. The highest BCUT2D eigenvalue weighted by molar-refractivity contribution is 5.76. The maximum Gasteiger partial charge on any atom is 0.220 e. The van der Waals surface area contributed by atoms with E-state index in [1.807, 2.05) is 26.0 Å². The van der Waals surface area contributed by atoms with Crippen molar-refractivity contribution in [1.82, 2.24) is 10.6 Å². The van der Waals surface area contributed by atoms with Crippen LogP contribution in [-0.2, 0) is 9.53 Å². The zero-order valence-electron chi connectivity index (χ0n) is 14.1. The molecule has 0 fully saturated rings. The van der Waals surface area contributed by atoms with E-state index in [0.29, 0.717) is 13.0 Å². The molecule has 0 bridgehead atoms. The van der Waals surface area contributed by atoms with E-state index in [4.69, 9.17) is 10.5 Å². The summed E-state index contributed by atoms with van der Waals surface area (Å²) in [5.41, 5.74) is 6.51. The molecule has 22 heavy (non-hydrogen) atoms. The number of carbonyl (C=O) groups is 1. The predicted molar refractivity (Wildman–Crippen MR) is 90.4 cm³/mol. The Kier molecular flexibility index (Phi) is 8.85. The van der Waals surface area contributed by atoms with Crippen molar-refractivity contribution >= 4 is 5.91 Å². The topological polar surface area (TPSA) is 76.4 Å². The maximum absolute atomic E-state index is 11.7. The molecule has 1 amide bonds. The van der Waals surface area contributed by atoms with E-state index in [-0.39, 0.29) is 24.2 Å². The Morgan fingerprint density at radius 3 is 2.77 bits per heavy atom. The van der Waals surface area contributed by atoms with E-state index in [0.717, 1.165) is 31.5 Å². The molecule has 0 aliphatic heterocycles. The van der Waals surface area contributed by atoms with Crippen LogP contribution in [-0.4, -0.2) is 37.2 Å². The molecule has 0 aromatic carbocycles. The normalized spacial score (nSPS) is 19.0. The minimum Gasteiger partial charge on any atom is -0.383 e. The lowest BCUT2D eigenvalue weighted by molar-refractivity contribution is -0.121. The molecule has 126 valence electrons. The van der Waals surface area contributed by atoms with Crippen LogP contribution in [0.5, 0.6) is 0 Å². The van der Waals surface area contributed by atoms with Crippen molar-refractivity contribution in [2.75, 3.05) is 13.1 Å². The van der Waals surface area contributed by atoms with Crippen LogP contribution < -0.4 is 16.4 Å².